The maximum atomic E-state index is 11.5. The molecule has 1 heterocycles. The third kappa shape index (κ3) is 6.76. The molecular weight excluding hydrogens is 242 g/mol. The fourth-order valence-corrected chi connectivity index (χ4v) is 1.33. The first-order chi connectivity index (χ1) is 8.76. The van der Waals surface area contributed by atoms with E-state index in [0.717, 1.165) is 12.1 Å². The number of rotatable bonds is 4. The number of carbonyl (C=O) groups is 1. The van der Waals surface area contributed by atoms with Crippen LogP contribution in [0.25, 0.3) is 0 Å². The van der Waals surface area contributed by atoms with Crippen molar-refractivity contribution in [1.29, 1.82) is 0 Å². The van der Waals surface area contributed by atoms with E-state index in [2.05, 4.69) is 29.5 Å². The molecule has 1 aromatic heterocycles. The van der Waals surface area contributed by atoms with Gasteiger partial charge < -0.3 is 10.1 Å². The molecule has 0 saturated heterocycles. The van der Waals surface area contributed by atoms with Crippen LogP contribution in [0.3, 0.4) is 0 Å². The average Bonchev–Trinajstić information content (AvgIpc) is 2.25. The largest absolute Gasteiger partial charge is 0.444 e. The Morgan fingerprint density at radius 2 is 2.05 bits per heavy atom. The standard InChI is InChI=1S/C14H23N3O2/c1-10(2)15-8-11-6-7-12(16-9-11)17-13(18)19-14(3,4)5/h6-7,9-10,15H,8H2,1-5H3,(H,16,17,18). The van der Waals surface area contributed by atoms with E-state index in [4.69, 9.17) is 4.74 Å². The number of ether oxygens (including phenoxy) is 1. The molecule has 0 aliphatic carbocycles. The Labute approximate surface area is 114 Å². The molecule has 0 aliphatic rings. The number of aromatic nitrogens is 1. The van der Waals surface area contributed by atoms with E-state index in [9.17, 15) is 4.79 Å². The fourth-order valence-electron chi connectivity index (χ4n) is 1.33. The highest BCUT2D eigenvalue weighted by Gasteiger charge is 2.16. The number of pyridine rings is 1. The lowest BCUT2D eigenvalue weighted by Crippen LogP contribution is -2.27. The van der Waals surface area contributed by atoms with Gasteiger partial charge in [-0.15, -0.1) is 0 Å². The molecule has 1 amide bonds. The Balaban J connectivity index is 2.50. The van der Waals surface area contributed by atoms with Crippen LogP contribution in [0.1, 0.15) is 40.2 Å². The van der Waals surface area contributed by atoms with Crippen molar-refractivity contribution in [3.8, 4) is 0 Å². The highest BCUT2D eigenvalue weighted by Crippen LogP contribution is 2.10. The molecule has 0 radical (unpaired) electrons. The van der Waals surface area contributed by atoms with E-state index in [1.165, 1.54) is 0 Å². The number of nitrogens with zero attached hydrogens (tertiary/aromatic N) is 1. The summed E-state index contributed by atoms with van der Waals surface area (Å²) in [6.07, 6.45) is 1.25. The first-order valence-corrected chi connectivity index (χ1v) is 6.44. The molecule has 0 fully saturated rings. The number of nitrogens with one attached hydrogen (secondary N) is 2. The van der Waals surface area contributed by atoms with E-state index >= 15 is 0 Å². The number of anilines is 1. The molecule has 5 nitrogen and oxygen atoms in total. The van der Waals surface area contributed by atoms with Crippen LogP contribution in [0.5, 0.6) is 0 Å². The summed E-state index contributed by atoms with van der Waals surface area (Å²) in [6.45, 7) is 10.4. The van der Waals surface area contributed by atoms with Crippen molar-refractivity contribution in [2.45, 2.75) is 52.8 Å². The van der Waals surface area contributed by atoms with Gasteiger partial charge in [0.25, 0.3) is 0 Å². The van der Waals surface area contributed by atoms with Crippen LogP contribution in [0, 0.1) is 0 Å². The molecular formula is C14H23N3O2. The van der Waals surface area contributed by atoms with Crippen LogP contribution < -0.4 is 10.6 Å². The van der Waals surface area contributed by atoms with Gasteiger partial charge in [-0.2, -0.15) is 0 Å². The number of carbonyl (C=O) groups excluding carboxylic acids is 1. The van der Waals surface area contributed by atoms with Crippen molar-refractivity contribution in [3.63, 3.8) is 0 Å². The summed E-state index contributed by atoms with van der Waals surface area (Å²) in [4.78, 5) is 15.7. The molecule has 0 bridgehead atoms. The predicted octanol–water partition coefficient (Wildman–Crippen LogP) is 2.93. The van der Waals surface area contributed by atoms with Crippen molar-refractivity contribution in [2.24, 2.45) is 0 Å². The van der Waals surface area contributed by atoms with Gasteiger partial charge in [-0.25, -0.2) is 9.78 Å². The normalized spacial score (nSPS) is 11.5. The summed E-state index contributed by atoms with van der Waals surface area (Å²) in [7, 11) is 0. The third-order valence-electron chi connectivity index (χ3n) is 2.17. The second kappa shape index (κ2) is 6.52. The maximum absolute atomic E-state index is 11.5. The van der Waals surface area contributed by atoms with Gasteiger partial charge in [0.05, 0.1) is 0 Å². The van der Waals surface area contributed by atoms with Crippen molar-refractivity contribution < 1.29 is 9.53 Å². The quantitative estimate of drug-likeness (QED) is 0.878. The summed E-state index contributed by atoms with van der Waals surface area (Å²) < 4.78 is 5.15. The van der Waals surface area contributed by atoms with Gasteiger partial charge in [0.1, 0.15) is 11.4 Å². The van der Waals surface area contributed by atoms with E-state index in [1.807, 2.05) is 26.8 Å². The van der Waals surface area contributed by atoms with Crippen LogP contribution >= 0.6 is 0 Å². The summed E-state index contributed by atoms with van der Waals surface area (Å²) in [5.41, 5.74) is 0.564. The molecule has 0 aromatic carbocycles. The van der Waals surface area contributed by atoms with Crippen molar-refractivity contribution in [3.05, 3.63) is 23.9 Å². The van der Waals surface area contributed by atoms with Crippen LogP contribution in [-0.2, 0) is 11.3 Å². The van der Waals surface area contributed by atoms with E-state index in [0.29, 0.717) is 11.9 Å². The van der Waals surface area contributed by atoms with Crippen molar-refractivity contribution in [2.75, 3.05) is 5.32 Å². The van der Waals surface area contributed by atoms with Gasteiger partial charge in [0.2, 0.25) is 0 Å². The zero-order valence-corrected chi connectivity index (χ0v) is 12.3. The zero-order valence-electron chi connectivity index (χ0n) is 12.3. The molecule has 0 aliphatic heterocycles. The Bertz CT molecular complexity index is 408. The summed E-state index contributed by atoms with van der Waals surface area (Å²) >= 11 is 0. The number of amides is 1. The predicted molar refractivity (Wildman–Crippen MR) is 76.1 cm³/mol. The Hall–Kier alpha value is -1.62. The fraction of sp³-hybridized carbons (Fsp3) is 0.571. The minimum Gasteiger partial charge on any atom is -0.444 e. The molecule has 0 unspecified atom stereocenters. The lowest BCUT2D eigenvalue weighted by molar-refractivity contribution is 0.0635. The Morgan fingerprint density at radius 3 is 2.53 bits per heavy atom. The van der Waals surface area contributed by atoms with Crippen molar-refractivity contribution in [1.82, 2.24) is 10.3 Å². The van der Waals surface area contributed by atoms with Crippen LogP contribution in [0.2, 0.25) is 0 Å². The first-order valence-electron chi connectivity index (χ1n) is 6.44. The van der Waals surface area contributed by atoms with Gasteiger partial charge in [0.15, 0.2) is 0 Å². The minimum atomic E-state index is -0.509. The number of hydrogen-bond acceptors (Lipinski definition) is 4. The van der Waals surface area contributed by atoms with Crippen LogP contribution in [0.4, 0.5) is 10.6 Å². The molecule has 1 aromatic rings. The lowest BCUT2D eigenvalue weighted by Gasteiger charge is -2.19. The second-order valence-corrected chi connectivity index (χ2v) is 5.71. The van der Waals surface area contributed by atoms with Gasteiger partial charge in [-0.05, 0) is 32.4 Å². The molecule has 0 saturated carbocycles. The van der Waals surface area contributed by atoms with E-state index in [1.54, 1.807) is 12.3 Å². The van der Waals surface area contributed by atoms with E-state index in [-0.39, 0.29) is 0 Å². The molecule has 106 valence electrons. The maximum Gasteiger partial charge on any atom is 0.413 e. The number of hydrogen-bond donors (Lipinski definition) is 2. The lowest BCUT2D eigenvalue weighted by atomic mass is 10.2. The molecule has 19 heavy (non-hydrogen) atoms. The molecule has 0 spiro atoms. The average molecular weight is 265 g/mol. The SMILES string of the molecule is CC(C)NCc1ccc(NC(=O)OC(C)(C)C)nc1. The van der Waals surface area contributed by atoms with E-state index < -0.39 is 11.7 Å². The summed E-state index contributed by atoms with van der Waals surface area (Å²) in [5, 5.41) is 5.90. The second-order valence-electron chi connectivity index (χ2n) is 5.71. The minimum absolute atomic E-state index is 0.430. The third-order valence-corrected chi connectivity index (χ3v) is 2.17. The topological polar surface area (TPSA) is 63.2 Å². The van der Waals surface area contributed by atoms with Gasteiger partial charge >= 0.3 is 6.09 Å². The monoisotopic (exact) mass is 265 g/mol. The van der Waals surface area contributed by atoms with Gasteiger partial charge in [0, 0.05) is 18.8 Å². The summed E-state index contributed by atoms with van der Waals surface area (Å²) in [6, 6.07) is 4.12. The van der Waals surface area contributed by atoms with Crippen LogP contribution in [0.15, 0.2) is 18.3 Å². The highest BCUT2D eigenvalue weighted by molar-refractivity contribution is 5.83. The van der Waals surface area contributed by atoms with Crippen molar-refractivity contribution >= 4 is 11.9 Å². The van der Waals surface area contributed by atoms with Gasteiger partial charge in [-0.1, -0.05) is 19.9 Å². The molecule has 2 N–H and O–H groups in total. The smallest absolute Gasteiger partial charge is 0.413 e. The molecule has 5 heteroatoms. The Morgan fingerprint density at radius 1 is 1.37 bits per heavy atom. The first kappa shape index (κ1) is 15.4. The highest BCUT2D eigenvalue weighted by atomic mass is 16.6. The molecule has 1 rings (SSSR count). The zero-order chi connectivity index (χ0) is 14.5. The molecule has 0 atom stereocenters. The van der Waals surface area contributed by atoms with Crippen LogP contribution in [-0.4, -0.2) is 22.7 Å². The summed E-state index contributed by atoms with van der Waals surface area (Å²) in [5.74, 6) is 0.488. The van der Waals surface area contributed by atoms with Gasteiger partial charge in [-0.3, -0.25) is 5.32 Å². The Kier molecular flexibility index (Phi) is 5.30.